The fourth-order valence-electron chi connectivity index (χ4n) is 3.55. The number of carboxylic acids is 1. The molecule has 0 unspecified atom stereocenters. The van der Waals surface area contributed by atoms with E-state index >= 15 is 0 Å². The van der Waals surface area contributed by atoms with Crippen molar-refractivity contribution in [3.63, 3.8) is 0 Å². The number of aliphatic carboxylic acids is 1. The Morgan fingerprint density at radius 3 is 2.68 bits per heavy atom. The molecule has 0 radical (unpaired) electrons. The smallest absolute Gasteiger partial charge is 0.340 e. The zero-order valence-corrected chi connectivity index (χ0v) is 12.7. The summed E-state index contributed by atoms with van der Waals surface area (Å²) < 4.78 is 5.36. The normalized spacial score (nSPS) is 16.0. The number of hydrogen-bond acceptors (Lipinski definition) is 3. The van der Waals surface area contributed by atoms with Crippen molar-refractivity contribution in [2.45, 2.75) is 51.4 Å². The van der Waals surface area contributed by atoms with Crippen molar-refractivity contribution in [1.29, 1.82) is 0 Å². The molecule has 3 rings (SSSR count). The lowest BCUT2D eigenvalue weighted by Gasteiger charge is -2.25. The molecule has 2 aromatic rings. The van der Waals surface area contributed by atoms with Crippen LogP contribution in [0.2, 0.25) is 0 Å². The third kappa shape index (κ3) is 2.78. The van der Waals surface area contributed by atoms with Gasteiger partial charge in [0.1, 0.15) is 5.58 Å². The van der Waals surface area contributed by atoms with Crippen molar-refractivity contribution in [1.82, 2.24) is 0 Å². The summed E-state index contributed by atoms with van der Waals surface area (Å²) in [6.45, 7) is 1.99. The lowest BCUT2D eigenvalue weighted by molar-refractivity contribution is -0.136. The average molecular weight is 300 g/mol. The third-order valence-electron chi connectivity index (χ3n) is 4.54. The molecule has 1 saturated carbocycles. The van der Waals surface area contributed by atoms with Crippen LogP contribution in [0.3, 0.4) is 0 Å². The summed E-state index contributed by atoms with van der Waals surface area (Å²) in [6.07, 6.45) is 5.23. The zero-order valence-electron chi connectivity index (χ0n) is 12.7. The maximum Gasteiger partial charge on any atom is 0.340 e. The third-order valence-corrected chi connectivity index (χ3v) is 4.54. The summed E-state index contributed by atoms with van der Waals surface area (Å²) in [5.74, 6) is -0.729. The highest BCUT2D eigenvalue weighted by Crippen LogP contribution is 2.37. The van der Waals surface area contributed by atoms with Crippen molar-refractivity contribution in [2.24, 2.45) is 0 Å². The van der Waals surface area contributed by atoms with Gasteiger partial charge in [-0.25, -0.2) is 4.79 Å². The minimum atomic E-state index is -0.989. The van der Waals surface area contributed by atoms with Crippen molar-refractivity contribution in [3.05, 3.63) is 45.3 Å². The van der Waals surface area contributed by atoms with Crippen LogP contribution in [-0.4, -0.2) is 11.1 Å². The largest absolute Gasteiger partial charge is 0.481 e. The minimum absolute atomic E-state index is 0.261. The summed E-state index contributed by atoms with van der Waals surface area (Å²) >= 11 is 0. The first-order valence-corrected chi connectivity index (χ1v) is 7.84. The standard InChI is InChI=1S/C18H20O4/c1-11-7-8-15-13(9-11)17(12-5-3-2-4-6-12)14(10-16(19)20)18(21)22-15/h7-9,12H,2-6,10H2,1H3,(H,19,20). The van der Waals surface area contributed by atoms with E-state index in [9.17, 15) is 9.59 Å². The summed E-state index contributed by atoms with van der Waals surface area (Å²) in [4.78, 5) is 23.5. The number of aryl methyl sites for hydroxylation is 1. The van der Waals surface area contributed by atoms with E-state index in [1.54, 1.807) is 0 Å². The molecule has 0 saturated heterocycles. The van der Waals surface area contributed by atoms with Crippen LogP contribution in [0.5, 0.6) is 0 Å². The summed E-state index contributed by atoms with van der Waals surface area (Å²) in [6, 6.07) is 5.73. The monoisotopic (exact) mass is 300 g/mol. The number of carbonyl (C=O) groups is 1. The topological polar surface area (TPSA) is 67.5 Å². The van der Waals surface area contributed by atoms with Gasteiger partial charge in [0.2, 0.25) is 0 Å². The Labute approximate surface area is 128 Å². The first-order valence-electron chi connectivity index (χ1n) is 7.84. The van der Waals surface area contributed by atoms with Gasteiger partial charge in [-0.2, -0.15) is 0 Å². The molecule has 0 atom stereocenters. The lowest BCUT2D eigenvalue weighted by atomic mass is 9.80. The van der Waals surface area contributed by atoms with Crippen LogP contribution >= 0.6 is 0 Å². The van der Waals surface area contributed by atoms with Crippen LogP contribution in [0.1, 0.15) is 54.7 Å². The molecule has 22 heavy (non-hydrogen) atoms. The van der Waals surface area contributed by atoms with Gasteiger partial charge in [-0.3, -0.25) is 4.79 Å². The Morgan fingerprint density at radius 1 is 1.27 bits per heavy atom. The molecule has 0 spiro atoms. The van der Waals surface area contributed by atoms with Gasteiger partial charge in [0.05, 0.1) is 12.0 Å². The molecule has 0 aliphatic heterocycles. The van der Waals surface area contributed by atoms with E-state index < -0.39 is 11.6 Å². The molecule has 1 fully saturated rings. The first kappa shape index (κ1) is 14.8. The zero-order chi connectivity index (χ0) is 15.7. The second-order valence-corrected chi connectivity index (χ2v) is 6.19. The van der Waals surface area contributed by atoms with Gasteiger partial charge >= 0.3 is 11.6 Å². The molecule has 1 heterocycles. The SMILES string of the molecule is Cc1ccc2oc(=O)c(CC(=O)O)c(C3CCCCC3)c2c1. The Hall–Kier alpha value is -2.10. The highest BCUT2D eigenvalue weighted by molar-refractivity contribution is 5.84. The van der Waals surface area contributed by atoms with Gasteiger partial charge in [-0.05, 0) is 43.4 Å². The summed E-state index contributed by atoms with van der Waals surface area (Å²) in [5.41, 5.74) is 2.39. The van der Waals surface area contributed by atoms with Crippen LogP contribution in [0.4, 0.5) is 0 Å². The maximum atomic E-state index is 12.3. The van der Waals surface area contributed by atoms with Crippen LogP contribution in [0.25, 0.3) is 11.0 Å². The first-order chi connectivity index (χ1) is 10.6. The van der Waals surface area contributed by atoms with Crippen molar-refractivity contribution in [2.75, 3.05) is 0 Å². The number of benzene rings is 1. The van der Waals surface area contributed by atoms with Crippen LogP contribution in [0, 0.1) is 6.92 Å². The van der Waals surface area contributed by atoms with Gasteiger partial charge < -0.3 is 9.52 Å². The second kappa shape index (κ2) is 5.95. The summed E-state index contributed by atoms with van der Waals surface area (Å²) in [5, 5.41) is 10.1. The molecular formula is C18H20O4. The highest BCUT2D eigenvalue weighted by atomic mass is 16.4. The van der Waals surface area contributed by atoms with E-state index in [1.807, 2.05) is 25.1 Å². The van der Waals surface area contributed by atoms with E-state index in [1.165, 1.54) is 6.42 Å². The molecule has 0 amide bonds. The molecule has 1 N–H and O–H groups in total. The number of hydrogen-bond donors (Lipinski definition) is 1. The molecule has 1 aromatic carbocycles. The predicted octanol–water partition coefficient (Wildman–Crippen LogP) is 3.78. The Balaban J connectivity index is 2.27. The fraction of sp³-hybridized carbons (Fsp3) is 0.444. The Bertz CT molecular complexity index is 766. The number of fused-ring (bicyclic) bond motifs is 1. The van der Waals surface area contributed by atoms with Crippen LogP contribution in [0.15, 0.2) is 27.4 Å². The Morgan fingerprint density at radius 2 is 2.00 bits per heavy atom. The lowest BCUT2D eigenvalue weighted by Crippen LogP contribution is -2.19. The van der Waals surface area contributed by atoms with Crippen molar-refractivity contribution in [3.8, 4) is 0 Å². The van der Waals surface area contributed by atoms with Gasteiger partial charge in [0.25, 0.3) is 0 Å². The minimum Gasteiger partial charge on any atom is -0.481 e. The molecule has 4 heteroatoms. The van der Waals surface area contributed by atoms with E-state index in [2.05, 4.69) is 0 Å². The Kier molecular flexibility index (Phi) is 4.01. The van der Waals surface area contributed by atoms with Crippen molar-refractivity contribution < 1.29 is 14.3 Å². The second-order valence-electron chi connectivity index (χ2n) is 6.19. The van der Waals surface area contributed by atoms with Gasteiger partial charge in [-0.15, -0.1) is 0 Å². The number of carboxylic acid groups (broad SMARTS) is 1. The molecule has 4 nitrogen and oxygen atoms in total. The summed E-state index contributed by atoms with van der Waals surface area (Å²) in [7, 11) is 0. The average Bonchev–Trinajstić information content (AvgIpc) is 2.49. The van der Waals surface area contributed by atoms with E-state index in [-0.39, 0.29) is 12.3 Å². The van der Waals surface area contributed by atoms with E-state index in [0.29, 0.717) is 11.1 Å². The maximum absolute atomic E-state index is 12.3. The van der Waals surface area contributed by atoms with Gasteiger partial charge in [0.15, 0.2) is 0 Å². The number of rotatable bonds is 3. The van der Waals surface area contributed by atoms with E-state index in [0.717, 1.165) is 42.2 Å². The molecule has 1 aliphatic carbocycles. The molecular weight excluding hydrogens is 280 g/mol. The predicted molar refractivity (Wildman–Crippen MR) is 84.4 cm³/mol. The van der Waals surface area contributed by atoms with Crippen LogP contribution in [-0.2, 0) is 11.2 Å². The van der Waals surface area contributed by atoms with Gasteiger partial charge in [0, 0.05) is 5.39 Å². The highest BCUT2D eigenvalue weighted by Gasteiger charge is 2.25. The van der Waals surface area contributed by atoms with Crippen LogP contribution < -0.4 is 5.63 Å². The molecule has 1 aromatic heterocycles. The quantitative estimate of drug-likeness (QED) is 0.876. The van der Waals surface area contributed by atoms with Gasteiger partial charge in [-0.1, -0.05) is 30.9 Å². The molecule has 116 valence electrons. The molecule has 1 aliphatic rings. The molecule has 0 bridgehead atoms. The van der Waals surface area contributed by atoms with Crippen molar-refractivity contribution >= 4 is 16.9 Å². The van der Waals surface area contributed by atoms with E-state index in [4.69, 9.17) is 9.52 Å². The fourth-order valence-corrected chi connectivity index (χ4v) is 3.55.